The van der Waals surface area contributed by atoms with Crippen molar-refractivity contribution in [1.29, 1.82) is 0 Å². The highest BCUT2D eigenvalue weighted by Crippen LogP contribution is 2.30. The number of fused-ring (bicyclic) bond motifs is 1. The molecule has 0 bridgehead atoms. The second-order valence-corrected chi connectivity index (χ2v) is 4.76. The van der Waals surface area contributed by atoms with Gasteiger partial charge < -0.3 is 9.15 Å². The van der Waals surface area contributed by atoms with Crippen molar-refractivity contribution in [2.45, 2.75) is 6.18 Å². The molecule has 0 spiro atoms. The molecule has 0 amide bonds. The van der Waals surface area contributed by atoms with Crippen molar-refractivity contribution in [2.24, 2.45) is 0 Å². The maximum absolute atomic E-state index is 12.6. The second kappa shape index (κ2) is 5.42. The molecule has 4 nitrogen and oxygen atoms in total. The number of halogens is 3. The number of nitrogens with zero attached hydrogens (tertiary/aromatic N) is 1. The Hall–Kier alpha value is -2.83. The molecule has 0 saturated carbocycles. The molecule has 3 aromatic rings. The number of alkyl halides is 3. The van der Waals surface area contributed by atoms with Crippen LogP contribution in [-0.4, -0.2) is 12.1 Å². The first kappa shape index (κ1) is 15.1. The second-order valence-electron chi connectivity index (χ2n) is 4.76. The van der Waals surface area contributed by atoms with Gasteiger partial charge in [0.2, 0.25) is 5.89 Å². The van der Waals surface area contributed by atoms with Crippen molar-refractivity contribution in [3.8, 4) is 17.2 Å². The van der Waals surface area contributed by atoms with Gasteiger partial charge in [0.05, 0.1) is 23.6 Å². The third-order valence-corrected chi connectivity index (χ3v) is 3.29. The Balaban J connectivity index is 2.08. The number of rotatable bonds is 2. The quantitative estimate of drug-likeness (QED) is 0.719. The maximum atomic E-state index is 12.6. The van der Waals surface area contributed by atoms with Crippen LogP contribution in [0.3, 0.4) is 0 Å². The van der Waals surface area contributed by atoms with Crippen LogP contribution in [0.4, 0.5) is 13.2 Å². The first-order valence-corrected chi connectivity index (χ1v) is 6.55. The number of methoxy groups -OCH3 is 1. The summed E-state index contributed by atoms with van der Waals surface area (Å²) in [6.45, 7) is 0. The van der Waals surface area contributed by atoms with E-state index in [4.69, 9.17) is 9.15 Å². The van der Waals surface area contributed by atoms with Gasteiger partial charge in [0.15, 0.2) is 0 Å². The average Bonchev–Trinajstić information content (AvgIpc) is 2.54. The van der Waals surface area contributed by atoms with Crippen molar-refractivity contribution in [2.75, 3.05) is 7.11 Å². The maximum Gasteiger partial charge on any atom is 0.416 e. The monoisotopic (exact) mass is 321 g/mol. The number of aromatic nitrogens is 1. The summed E-state index contributed by atoms with van der Waals surface area (Å²) in [4.78, 5) is 16.2. The van der Waals surface area contributed by atoms with Gasteiger partial charge in [0.25, 0.3) is 0 Å². The van der Waals surface area contributed by atoms with Crippen molar-refractivity contribution in [1.82, 2.24) is 4.98 Å². The van der Waals surface area contributed by atoms with E-state index in [2.05, 4.69) is 4.98 Å². The first-order chi connectivity index (χ1) is 10.9. The molecule has 0 atom stereocenters. The standard InChI is InChI=1S/C16H10F3NO3/c1-22-11-6-7-13-12(8-11)15(21)23-14(20-13)9-2-4-10(5-3-9)16(17,18)19/h2-8H,1H3. The van der Waals surface area contributed by atoms with E-state index in [-0.39, 0.29) is 16.8 Å². The average molecular weight is 321 g/mol. The Morgan fingerprint density at radius 2 is 1.78 bits per heavy atom. The van der Waals surface area contributed by atoms with Gasteiger partial charge in [-0.3, -0.25) is 0 Å². The molecule has 118 valence electrons. The molecule has 0 N–H and O–H groups in total. The summed E-state index contributed by atoms with van der Waals surface area (Å²) in [5.74, 6) is 0.440. The fourth-order valence-electron chi connectivity index (χ4n) is 2.10. The lowest BCUT2D eigenvalue weighted by molar-refractivity contribution is -0.137. The molecule has 1 aromatic heterocycles. The van der Waals surface area contributed by atoms with Gasteiger partial charge in [0, 0.05) is 5.56 Å². The Morgan fingerprint density at radius 3 is 2.39 bits per heavy atom. The topological polar surface area (TPSA) is 52.3 Å². The summed E-state index contributed by atoms with van der Waals surface area (Å²) in [6, 6.07) is 8.95. The summed E-state index contributed by atoms with van der Waals surface area (Å²) < 4.78 is 47.8. The molecule has 23 heavy (non-hydrogen) atoms. The van der Waals surface area contributed by atoms with E-state index in [0.29, 0.717) is 11.3 Å². The summed E-state index contributed by atoms with van der Waals surface area (Å²) in [7, 11) is 1.47. The zero-order valence-corrected chi connectivity index (χ0v) is 11.8. The summed E-state index contributed by atoms with van der Waals surface area (Å²) >= 11 is 0. The van der Waals surface area contributed by atoms with Gasteiger partial charge in [-0.15, -0.1) is 0 Å². The SMILES string of the molecule is COc1ccc2nc(-c3ccc(C(F)(F)F)cc3)oc(=O)c2c1. The lowest BCUT2D eigenvalue weighted by Crippen LogP contribution is -2.05. The zero-order valence-electron chi connectivity index (χ0n) is 11.8. The zero-order chi connectivity index (χ0) is 16.6. The summed E-state index contributed by atoms with van der Waals surface area (Å²) in [5, 5.41) is 0.236. The molecule has 0 aliphatic rings. The molecule has 0 saturated heterocycles. The minimum absolute atomic E-state index is 0.0404. The van der Waals surface area contributed by atoms with Crippen LogP contribution in [0.5, 0.6) is 5.75 Å². The predicted molar refractivity (Wildman–Crippen MR) is 77.3 cm³/mol. The number of ether oxygens (including phenoxy) is 1. The molecule has 2 aromatic carbocycles. The molecule has 1 heterocycles. The highest BCUT2D eigenvalue weighted by Gasteiger charge is 2.30. The van der Waals surface area contributed by atoms with Crippen LogP contribution in [0, 0.1) is 0 Å². The molecular formula is C16H10F3NO3. The van der Waals surface area contributed by atoms with E-state index < -0.39 is 17.4 Å². The van der Waals surface area contributed by atoms with Gasteiger partial charge in [-0.25, -0.2) is 9.78 Å². The van der Waals surface area contributed by atoms with E-state index in [1.165, 1.54) is 25.3 Å². The Labute approximate surface area is 128 Å². The molecular weight excluding hydrogens is 311 g/mol. The summed E-state index contributed by atoms with van der Waals surface area (Å²) in [6.07, 6.45) is -4.42. The van der Waals surface area contributed by atoms with Crippen LogP contribution in [0.15, 0.2) is 51.7 Å². The van der Waals surface area contributed by atoms with Crippen LogP contribution in [0.1, 0.15) is 5.56 Å². The summed E-state index contributed by atoms with van der Waals surface area (Å²) in [5.41, 5.74) is -0.761. The minimum Gasteiger partial charge on any atom is -0.497 e. The van der Waals surface area contributed by atoms with Crippen molar-refractivity contribution >= 4 is 10.9 Å². The highest BCUT2D eigenvalue weighted by molar-refractivity contribution is 5.80. The number of hydrogen-bond acceptors (Lipinski definition) is 4. The van der Waals surface area contributed by atoms with Gasteiger partial charge in [-0.2, -0.15) is 13.2 Å². The van der Waals surface area contributed by atoms with Crippen LogP contribution in [-0.2, 0) is 6.18 Å². The molecule has 0 fully saturated rings. The van der Waals surface area contributed by atoms with E-state index in [1.54, 1.807) is 12.1 Å². The van der Waals surface area contributed by atoms with Gasteiger partial charge in [0.1, 0.15) is 5.75 Å². The van der Waals surface area contributed by atoms with Crippen molar-refractivity contribution in [3.05, 3.63) is 58.4 Å². The minimum atomic E-state index is -4.42. The fraction of sp³-hybridized carbons (Fsp3) is 0.125. The van der Waals surface area contributed by atoms with Gasteiger partial charge >= 0.3 is 11.8 Å². The normalized spacial score (nSPS) is 11.7. The molecule has 0 unspecified atom stereocenters. The van der Waals surface area contributed by atoms with Gasteiger partial charge in [-0.1, -0.05) is 0 Å². The number of benzene rings is 2. The lowest BCUT2D eigenvalue weighted by atomic mass is 10.1. The smallest absolute Gasteiger partial charge is 0.416 e. The molecule has 3 rings (SSSR count). The van der Waals surface area contributed by atoms with Crippen molar-refractivity contribution < 1.29 is 22.3 Å². The van der Waals surface area contributed by atoms with Crippen LogP contribution >= 0.6 is 0 Å². The van der Waals surface area contributed by atoms with Crippen LogP contribution in [0.2, 0.25) is 0 Å². The van der Waals surface area contributed by atoms with Crippen LogP contribution < -0.4 is 10.4 Å². The third kappa shape index (κ3) is 2.90. The predicted octanol–water partition coefficient (Wildman–Crippen LogP) is 3.88. The Kier molecular flexibility index (Phi) is 3.55. The number of hydrogen-bond donors (Lipinski definition) is 0. The Morgan fingerprint density at radius 1 is 1.09 bits per heavy atom. The molecule has 0 radical (unpaired) electrons. The fourth-order valence-corrected chi connectivity index (χ4v) is 2.10. The lowest BCUT2D eigenvalue weighted by Gasteiger charge is -2.07. The van der Waals surface area contributed by atoms with E-state index >= 15 is 0 Å². The van der Waals surface area contributed by atoms with Crippen LogP contribution in [0.25, 0.3) is 22.4 Å². The van der Waals surface area contributed by atoms with Crippen molar-refractivity contribution in [3.63, 3.8) is 0 Å². The highest BCUT2D eigenvalue weighted by atomic mass is 19.4. The van der Waals surface area contributed by atoms with E-state index in [9.17, 15) is 18.0 Å². The van der Waals surface area contributed by atoms with E-state index in [1.807, 2.05) is 0 Å². The Bertz CT molecular complexity index is 914. The molecule has 0 aliphatic heterocycles. The van der Waals surface area contributed by atoms with Gasteiger partial charge in [-0.05, 0) is 42.5 Å². The van der Waals surface area contributed by atoms with E-state index in [0.717, 1.165) is 12.1 Å². The molecule has 7 heteroatoms. The largest absolute Gasteiger partial charge is 0.497 e. The molecule has 0 aliphatic carbocycles. The first-order valence-electron chi connectivity index (χ1n) is 6.55. The third-order valence-electron chi connectivity index (χ3n) is 3.29.